The predicted molar refractivity (Wildman–Crippen MR) is 74.5 cm³/mol. The van der Waals surface area contributed by atoms with Crippen LogP contribution in [0.5, 0.6) is 0 Å². The van der Waals surface area contributed by atoms with Crippen LogP contribution in [0.1, 0.15) is 18.7 Å². The first-order chi connectivity index (χ1) is 8.72. The van der Waals surface area contributed by atoms with E-state index >= 15 is 0 Å². The number of hydrogen-bond acceptors (Lipinski definition) is 3. The Morgan fingerprint density at radius 3 is 3.06 bits per heavy atom. The number of nitrogens with one attached hydrogen (secondary N) is 1. The molecule has 5 heteroatoms. The minimum absolute atomic E-state index is 0.648. The molecule has 1 aromatic carbocycles. The molecule has 0 amide bonds. The van der Waals surface area contributed by atoms with Gasteiger partial charge < -0.3 is 9.73 Å². The average Bonchev–Trinajstić information content (AvgIpc) is 3.08. The highest BCUT2D eigenvalue weighted by atomic mass is 79.9. The van der Waals surface area contributed by atoms with Gasteiger partial charge in [0, 0.05) is 16.1 Å². The Morgan fingerprint density at radius 1 is 1.44 bits per heavy atom. The van der Waals surface area contributed by atoms with Gasteiger partial charge in [0.15, 0.2) is 5.76 Å². The van der Waals surface area contributed by atoms with Gasteiger partial charge in [-0.15, -0.1) is 0 Å². The first-order valence-corrected chi connectivity index (χ1v) is 7.03. The van der Waals surface area contributed by atoms with Gasteiger partial charge in [-0.05, 0) is 31.0 Å². The maximum absolute atomic E-state index is 6.15. The molecule has 18 heavy (non-hydrogen) atoms. The van der Waals surface area contributed by atoms with Crippen LogP contribution in [0, 0.1) is 0 Å². The molecule has 0 aliphatic heterocycles. The normalized spacial score (nSPS) is 15.0. The van der Waals surface area contributed by atoms with Crippen LogP contribution in [-0.4, -0.2) is 11.0 Å². The van der Waals surface area contributed by atoms with Crippen molar-refractivity contribution in [2.75, 3.05) is 0 Å². The molecule has 0 saturated heterocycles. The van der Waals surface area contributed by atoms with Crippen molar-refractivity contribution >= 4 is 27.5 Å². The summed E-state index contributed by atoms with van der Waals surface area (Å²) in [6, 6.07) is 6.32. The molecule has 1 aromatic heterocycles. The van der Waals surface area contributed by atoms with Gasteiger partial charge in [-0.2, -0.15) is 0 Å². The minimum atomic E-state index is 0.648. The quantitative estimate of drug-likeness (QED) is 0.922. The summed E-state index contributed by atoms with van der Waals surface area (Å²) in [4.78, 5) is 4.26. The smallest absolute Gasteiger partial charge is 0.208 e. The van der Waals surface area contributed by atoms with Crippen molar-refractivity contribution in [1.82, 2.24) is 10.3 Å². The number of oxazole rings is 1. The third-order valence-corrected chi connectivity index (χ3v) is 3.69. The highest BCUT2D eigenvalue weighted by molar-refractivity contribution is 9.10. The van der Waals surface area contributed by atoms with Crippen LogP contribution < -0.4 is 5.32 Å². The SMILES string of the molecule is Clc1ccc(Br)cc1-c1cnc(CNC2CC2)o1. The minimum Gasteiger partial charge on any atom is -0.439 e. The number of hydrogen-bond donors (Lipinski definition) is 1. The fraction of sp³-hybridized carbons (Fsp3) is 0.308. The molecule has 1 aliphatic rings. The summed E-state index contributed by atoms with van der Waals surface area (Å²) in [7, 11) is 0. The van der Waals surface area contributed by atoms with Gasteiger partial charge in [0.05, 0.1) is 17.8 Å². The molecule has 1 aliphatic carbocycles. The van der Waals surface area contributed by atoms with Crippen LogP contribution in [0.3, 0.4) is 0 Å². The molecule has 94 valence electrons. The maximum Gasteiger partial charge on any atom is 0.208 e. The van der Waals surface area contributed by atoms with Crippen molar-refractivity contribution in [2.24, 2.45) is 0 Å². The Bertz CT molecular complexity index is 566. The van der Waals surface area contributed by atoms with Crippen molar-refractivity contribution in [1.29, 1.82) is 0 Å². The van der Waals surface area contributed by atoms with E-state index in [-0.39, 0.29) is 0 Å². The average molecular weight is 328 g/mol. The standard InChI is InChI=1S/C13H12BrClN2O/c14-8-1-4-11(15)10(5-8)12-6-17-13(18-12)7-16-9-2-3-9/h1,4-6,9,16H,2-3,7H2. The summed E-state index contributed by atoms with van der Waals surface area (Å²) in [6.45, 7) is 0.677. The topological polar surface area (TPSA) is 38.1 Å². The zero-order valence-corrected chi connectivity index (χ0v) is 12.0. The number of nitrogens with zero attached hydrogens (tertiary/aromatic N) is 1. The summed E-state index contributed by atoms with van der Waals surface area (Å²) in [5, 5.41) is 4.03. The van der Waals surface area contributed by atoms with Crippen molar-refractivity contribution in [3.05, 3.63) is 39.8 Å². The number of rotatable bonds is 4. The first kappa shape index (κ1) is 12.2. The molecular formula is C13H12BrClN2O. The molecule has 0 spiro atoms. The second-order valence-electron chi connectivity index (χ2n) is 4.40. The van der Waals surface area contributed by atoms with E-state index in [1.807, 2.05) is 18.2 Å². The van der Waals surface area contributed by atoms with E-state index in [0.717, 1.165) is 10.0 Å². The third kappa shape index (κ3) is 2.76. The van der Waals surface area contributed by atoms with Gasteiger partial charge in [0.25, 0.3) is 0 Å². The molecule has 0 unspecified atom stereocenters. The van der Waals surface area contributed by atoms with Crippen molar-refractivity contribution in [2.45, 2.75) is 25.4 Å². The lowest BCUT2D eigenvalue weighted by molar-refractivity contribution is 0.476. The molecule has 0 radical (unpaired) electrons. The van der Waals surface area contributed by atoms with Crippen LogP contribution >= 0.6 is 27.5 Å². The van der Waals surface area contributed by atoms with Crippen LogP contribution in [0.4, 0.5) is 0 Å². The first-order valence-electron chi connectivity index (χ1n) is 5.86. The third-order valence-electron chi connectivity index (χ3n) is 2.87. The molecule has 2 aromatic rings. The summed E-state index contributed by atoms with van der Waals surface area (Å²) in [6.07, 6.45) is 4.23. The second kappa shape index (κ2) is 5.03. The zero-order chi connectivity index (χ0) is 12.5. The van der Waals surface area contributed by atoms with E-state index in [2.05, 4.69) is 26.2 Å². The summed E-state index contributed by atoms with van der Waals surface area (Å²) in [5.74, 6) is 1.40. The van der Waals surface area contributed by atoms with Crippen molar-refractivity contribution < 1.29 is 4.42 Å². The van der Waals surface area contributed by atoms with Crippen LogP contribution in [-0.2, 0) is 6.54 Å². The Hall–Kier alpha value is -0.840. The van der Waals surface area contributed by atoms with Gasteiger partial charge >= 0.3 is 0 Å². The van der Waals surface area contributed by atoms with Crippen molar-refractivity contribution in [3.8, 4) is 11.3 Å². The van der Waals surface area contributed by atoms with E-state index in [9.17, 15) is 0 Å². The lowest BCUT2D eigenvalue weighted by Gasteiger charge is -2.01. The largest absolute Gasteiger partial charge is 0.439 e. The fourth-order valence-electron chi connectivity index (χ4n) is 1.72. The second-order valence-corrected chi connectivity index (χ2v) is 5.72. The monoisotopic (exact) mass is 326 g/mol. The Balaban J connectivity index is 1.80. The number of aromatic nitrogens is 1. The molecule has 1 fully saturated rings. The molecule has 0 bridgehead atoms. The van der Waals surface area contributed by atoms with Crippen LogP contribution in [0.25, 0.3) is 11.3 Å². The van der Waals surface area contributed by atoms with E-state index in [1.54, 1.807) is 6.20 Å². The molecule has 3 nitrogen and oxygen atoms in total. The number of halogens is 2. The highest BCUT2D eigenvalue weighted by Gasteiger charge is 2.21. The van der Waals surface area contributed by atoms with Crippen molar-refractivity contribution in [3.63, 3.8) is 0 Å². The van der Waals surface area contributed by atoms with Gasteiger partial charge in [-0.25, -0.2) is 4.98 Å². The molecule has 1 saturated carbocycles. The maximum atomic E-state index is 6.15. The molecule has 3 rings (SSSR count). The predicted octanol–water partition coefficient (Wildman–Crippen LogP) is 4.01. The van der Waals surface area contributed by atoms with Gasteiger partial charge in [-0.1, -0.05) is 27.5 Å². The molecule has 0 atom stereocenters. The lowest BCUT2D eigenvalue weighted by Crippen LogP contribution is -2.15. The number of benzene rings is 1. The van der Waals surface area contributed by atoms with E-state index in [0.29, 0.717) is 29.3 Å². The zero-order valence-electron chi connectivity index (χ0n) is 9.62. The molecular weight excluding hydrogens is 316 g/mol. The molecule has 1 N–H and O–H groups in total. The van der Waals surface area contributed by atoms with Gasteiger partial charge in [-0.3, -0.25) is 0 Å². The highest BCUT2D eigenvalue weighted by Crippen LogP contribution is 2.31. The Kier molecular flexibility index (Phi) is 3.41. The van der Waals surface area contributed by atoms with Crippen LogP contribution in [0.15, 0.2) is 33.3 Å². The Morgan fingerprint density at radius 2 is 2.28 bits per heavy atom. The van der Waals surface area contributed by atoms with E-state index < -0.39 is 0 Å². The van der Waals surface area contributed by atoms with Gasteiger partial charge in [0.2, 0.25) is 5.89 Å². The summed E-state index contributed by atoms with van der Waals surface area (Å²) in [5.41, 5.74) is 0.858. The van der Waals surface area contributed by atoms with Crippen LogP contribution in [0.2, 0.25) is 5.02 Å². The summed E-state index contributed by atoms with van der Waals surface area (Å²) >= 11 is 9.58. The lowest BCUT2D eigenvalue weighted by atomic mass is 10.2. The molecule has 1 heterocycles. The van der Waals surface area contributed by atoms with Gasteiger partial charge in [0.1, 0.15) is 0 Å². The summed E-state index contributed by atoms with van der Waals surface area (Å²) < 4.78 is 6.67. The fourth-order valence-corrected chi connectivity index (χ4v) is 2.29. The van der Waals surface area contributed by atoms with E-state index in [1.165, 1.54) is 12.8 Å². The van der Waals surface area contributed by atoms with E-state index in [4.69, 9.17) is 16.0 Å². The Labute approximate surface area is 119 Å².